The van der Waals surface area contributed by atoms with Gasteiger partial charge < -0.3 is 15.6 Å². The third-order valence-electron chi connectivity index (χ3n) is 3.14. The highest BCUT2D eigenvalue weighted by Gasteiger charge is 2.30. The lowest BCUT2D eigenvalue weighted by Gasteiger charge is -2.32. The molecule has 0 saturated carbocycles. The van der Waals surface area contributed by atoms with E-state index in [-0.39, 0.29) is 11.3 Å². The standard InChI is InChI=1S/C15H25NO2/c1-5-18-12-8-6-11(7-9-12)13(10-16)14(17)15(2,3)4/h6-9,13-14,17H,5,10,16H2,1-4H3. The van der Waals surface area contributed by atoms with Crippen LogP contribution in [0.2, 0.25) is 0 Å². The van der Waals surface area contributed by atoms with Crippen LogP contribution >= 0.6 is 0 Å². The molecule has 3 heteroatoms. The normalized spacial score (nSPS) is 15.2. The molecule has 0 heterocycles. The second kappa shape index (κ2) is 6.21. The van der Waals surface area contributed by atoms with E-state index in [2.05, 4.69) is 0 Å². The highest BCUT2D eigenvalue weighted by atomic mass is 16.5. The molecule has 0 radical (unpaired) electrons. The van der Waals surface area contributed by atoms with Crippen molar-refractivity contribution in [3.8, 4) is 5.75 Å². The molecule has 3 N–H and O–H groups in total. The van der Waals surface area contributed by atoms with Crippen molar-refractivity contribution in [1.82, 2.24) is 0 Å². The Labute approximate surface area is 110 Å². The van der Waals surface area contributed by atoms with Crippen LogP contribution in [0.5, 0.6) is 5.75 Å². The van der Waals surface area contributed by atoms with Gasteiger partial charge in [-0.1, -0.05) is 32.9 Å². The second-order valence-electron chi connectivity index (χ2n) is 5.66. The third kappa shape index (κ3) is 3.72. The van der Waals surface area contributed by atoms with Gasteiger partial charge in [-0.3, -0.25) is 0 Å². The molecule has 0 aliphatic rings. The minimum atomic E-state index is -0.458. The van der Waals surface area contributed by atoms with Crippen LogP contribution in [0.1, 0.15) is 39.2 Å². The summed E-state index contributed by atoms with van der Waals surface area (Å²) < 4.78 is 5.41. The molecule has 3 nitrogen and oxygen atoms in total. The molecule has 1 rings (SSSR count). The molecule has 1 aromatic carbocycles. The molecule has 1 aromatic rings. The Morgan fingerprint density at radius 1 is 1.22 bits per heavy atom. The molecule has 0 aromatic heterocycles. The highest BCUT2D eigenvalue weighted by molar-refractivity contribution is 5.30. The predicted molar refractivity (Wildman–Crippen MR) is 74.9 cm³/mol. The van der Waals surface area contributed by atoms with Crippen LogP contribution in [0, 0.1) is 5.41 Å². The van der Waals surface area contributed by atoms with Crippen molar-refractivity contribution >= 4 is 0 Å². The van der Waals surface area contributed by atoms with E-state index in [9.17, 15) is 5.11 Å². The highest BCUT2D eigenvalue weighted by Crippen LogP contribution is 2.31. The van der Waals surface area contributed by atoms with E-state index < -0.39 is 6.10 Å². The quantitative estimate of drug-likeness (QED) is 0.845. The fourth-order valence-corrected chi connectivity index (χ4v) is 2.03. The molecule has 0 aliphatic carbocycles. The SMILES string of the molecule is CCOc1ccc(C(CN)C(O)C(C)(C)C)cc1. The number of nitrogens with two attached hydrogens (primary N) is 1. The van der Waals surface area contributed by atoms with E-state index >= 15 is 0 Å². The first-order valence-corrected chi connectivity index (χ1v) is 6.51. The molecule has 0 bridgehead atoms. The van der Waals surface area contributed by atoms with Gasteiger partial charge in [-0.05, 0) is 30.0 Å². The van der Waals surface area contributed by atoms with Gasteiger partial charge in [-0.15, -0.1) is 0 Å². The Balaban J connectivity index is 2.89. The Bertz CT molecular complexity index is 354. The lowest BCUT2D eigenvalue weighted by Crippen LogP contribution is -2.36. The molecule has 102 valence electrons. The Morgan fingerprint density at radius 2 is 1.78 bits per heavy atom. The fourth-order valence-electron chi connectivity index (χ4n) is 2.03. The summed E-state index contributed by atoms with van der Waals surface area (Å²) in [5.74, 6) is 0.808. The maximum absolute atomic E-state index is 10.4. The van der Waals surface area contributed by atoms with Crippen LogP contribution in [0.4, 0.5) is 0 Å². The largest absolute Gasteiger partial charge is 0.494 e. The lowest BCUT2D eigenvalue weighted by atomic mass is 9.78. The first-order chi connectivity index (χ1) is 8.40. The molecular weight excluding hydrogens is 226 g/mol. The van der Waals surface area contributed by atoms with E-state index in [0.29, 0.717) is 13.2 Å². The molecule has 0 fully saturated rings. The number of rotatable bonds is 5. The monoisotopic (exact) mass is 251 g/mol. The van der Waals surface area contributed by atoms with Gasteiger partial charge in [-0.25, -0.2) is 0 Å². The number of ether oxygens (including phenoxy) is 1. The number of hydrogen-bond acceptors (Lipinski definition) is 3. The van der Waals surface area contributed by atoms with Gasteiger partial charge in [-0.2, -0.15) is 0 Å². The molecule has 0 saturated heterocycles. The molecular formula is C15H25NO2. The van der Waals surface area contributed by atoms with Crippen molar-refractivity contribution in [3.63, 3.8) is 0 Å². The van der Waals surface area contributed by atoms with E-state index in [0.717, 1.165) is 11.3 Å². The predicted octanol–water partition coefficient (Wildman–Crippen LogP) is 2.53. The zero-order valence-corrected chi connectivity index (χ0v) is 11.8. The molecule has 2 unspecified atom stereocenters. The maximum atomic E-state index is 10.4. The summed E-state index contributed by atoms with van der Waals surface area (Å²) in [6.45, 7) is 9.12. The second-order valence-corrected chi connectivity index (χ2v) is 5.66. The maximum Gasteiger partial charge on any atom is 0.119 e. The van der Waals surface area contributed by atoms with Crippen LogP contribution < -0.4 is 10.5 Å². The Kier molecular flexibility index (Phi) is 5.17. The van der Waals surface area contributed by atoms with Crippen LogP contribution in [0.25, 0.3) is 0 Å². The Hall–Kier alpha value is -1.06. The number of aliphatic hydroxyl groups excluding tert-OH is 1. The van der Waals surface area contributed by atoms with Crippen molar-refractivity contribution in [2.75, 3.05) is 13.2 Å². The molecule has 2 atom stereocenters. The van der Waals surface area contributed by atoms with Crippen LogP contribution in [0.3, 0.4) is 0 Å². The van der Waals surface area contributed by atoms with Crippen LogP contribution in [0.15, 0.2) is 24.3 Å². The van der Waals surface area contributed by atoms with Crippen molar-refractivity contribution in [3.05, 3.63) is 29.8 Å². The minimum absolute atomic E-state index is 0.0410. The molecule has 0 spiro atoms. The summed E-state index contributed by atoms with van der Waals surface area (Å²) in [4.78, 5) is 0. The fraction of sp³-hybridized carbons (Fsp3) is 0.600. The van der Waals surface area contributed by atoms with Crippen LogP contribution in [-0.2, 0) is 0 Å². The van der Waals surface area contributed by atoms with E-state index in [1.165, 1.54) is 0 Å². The summed E-state index contributed by atoms with van der Waals surface area (Å²) >= 11 is 0. The smallest absolute Gasteiger partial charge is 0.119 e. The van der Waals surface area contributed by atoms with Gasteiger partial charge in [0.15, 0.2) is 0 Å². The average molecular weight is 251 g/mol. The average Bonchev–Trinajstić information content (AvgIpc) is 2.31. The first-order valence-electron chi connectivity index (χ1n) is 6.51. The van der Waals surface area contributed by atoms with Gasteiger partial charge in [0.05, 0.1) is 12.7 Å². The van der Waals surface area contributed by atoms with E-state index in [1.807, 2.05) is 52.0 Å². The topological polar surface area (TPSA) is 55.5 Å². The zero-order valence-electron chi connectivity index (χ0n) is 11.8. The summed E-state index contributed by atoms with van der Waals surface area (Å²) in [6.07, 6.45) is -0.458. The minimum Gasteiger partial charge on any atom is -0.494 e. The van der Waals surface area contributed by atoms with Crippen molar-refractivity contribution < 1.29 is 9.84 Å². The van der Waals surface area contributed by atoms with Gasteiger partial charge >= 0.3 is 0 Å². The van der Waals surface area contributed by atoms with Crippen molar-refractivity contribution in [1.29, 1.82) is 0 Å². The van der Waals surface area contributed by atoms with Crippen LogP contribution in [-0.4, -0.2) is 24.4 Å². The number of hydrogen-bond donors (Lipinski definition) is 2. The summed E-state index contributed by atoms with van der Waals surface area (Å²) in [6, 6.07) is 7.82. The zero-order chi connectivity index (χ0) is 13.8. The summed E-state index contributed by atoms with van der Waals surface area (Å²) in [5.41, 5.74) is 6.69. The van der Waals surface area contributed by atoms with E-state index in [1.54, 1.807) is 0 Å². The molecule has 0 aliphatic heterocycles. The van der Waals surface area contributed by atoms with Gasteiger partial charge in [0.1, 0.15) is 5.75 Å². The van der Waals surface area contributed by atoms with Gasteiger partial charge in [0.25, 0.3) is 0 Å². The van der Waals surface area contributed by atoms with E-state index in [4.69, 9.17) is 10.5 Å². The van der Waals surface area contributed by atoms with Gasteiger partial charge in [0, 0.05) is 12.5 Å². The summed E-state index contributed by atoms with van der Waals surface area (Å²) in [5, 5.41) is 10.4. The van der Waals surface area contributed by atoms with Crippen molar-refractivity contribution in [2.45, 2.75) is 39.7 Å². The molecule has 0 amide bonds. The Morgan fingerprint density at radius 3 is 2.17 bits per heavy atom. The summed E-state index contributed by atoms with van der Waals surface area (Å²) in [7, 11) is 0. The van der Waals surface area contributed by atoms with Crippen molar-refractivity contribution in [2.24, 2.45) is 11.1 Å². The number of aliphatic hydroxyl groups is 1. The molecule has 18 heavy (non-hydrogen) atoms. The van der Waals surface area contributed by atoms with Gasteiger partial charge in [0.2, 0.25) is 0 Å². The third-order valence-corrected chi connectivity index (χ3v) is 3.14. The lowest BCUT2D eigenvalue weighted by molar-refractivity contribution is 0.0407. The number of benzene rings is 1. The first kappa shape index (κ1) is 15.0.